The number of hydrogen-bond donors (Lipinski definition) is 1. The zero-order valence-corrected chi connectivity index (χ0v) is 13.2. The molecule has 2 rings (SSSR count). The normalized spacial score (nSPS) is 23.2. The molecule has 0 amide bonds. The van der Waals surface area contributed by atoms with Crippen molar-refractivity contribution in [1.29, 1.82) is 0 Å². The molecular formula is C13H16ClNO5S. The van der Waals surface area contributed by atoms with Gasteiger partial charge in [0.15, 0.2) is 0 Å². The van der Waals surface area contributed by atoms with Gasteiger partial charge in [0.05, 0.1) is 17.0 Å². The van der Waals surface area contributed by atoms with E-state index in [-0.39, 0.29) is 22.9 Å². The van der Waals surface area contributed by atoms with E-state index >= 15 is 0 Å². The van der Waals surface area contributed by atoms with Crippen molar-refractivity contribution in [1.82, 2.24) is 4.31 Å². The average Bonchev–Trinajstić information content (AvgIpc) is 2.83. The zero-order valence-electron chi connectivity index (χ0n) is 11.7. The van der Waals surface area contributed by atoms with Crippen LogP contribution in [0.3, 0.4) is 0 Å². The Morgan fingerprint density at radius 2 is 2.14 bits per heavy atom. The van der Waals surface area contributed by atoms with Crippen LogP contribution in [0.1, 0.15) is 19.8 Å². The van der Waals surface area contributed by atoms with E-state index in [2.05, 4.69) is 0 Å². The number of hydrogen-bond acceptors (Lipinski definition) is 4. The van der Waals surface area contributed by atoms with Gasteiger partial charge in [-0.3, -0.25) is 4.79 Å². The van der Waals surface area contributed by atoms with Crippen molar-refractivity contribution in [2.75, 3.05) is 13.7 Å². The number of rotatable bonds is 4. The van der Waals surface area contributed by atoms with Crippen LogP contribution in [-0.2, 0) is 14.8 Å². The third-order valence-electron chi connectivity index (χ3n) is 3.75. The molecule has 6 nitrogen and oxygen atoms in total. The molecule has 1 saturated heterocycles. The molecule has 0 radical (unpaired) electrons. The number of nitrogens with zero attached hydrogens (tertiary/aromatic N) is 1. The summed E-state index contributed by atoms with van der Waals surface area (Å²) in [5, 5.41) is 9.50. The van der Waals surface area contributed by atoms with Crippen LogP contribution >= 0.6 is 11.6 Å². The number of sulfonamides is 1. The molecule has 1 aliphatic rings. The third-order valence-corrected chi connectivity index (χ3v) is 6.06. The maximum Gasteiger partial charge on any atom is 0.324 e. The summed E-state index contributed by atoms with van der Waals surface area (Å²) in [6.07, 6.45) is 0.789. The molecule has 0 aliphatic carbocycles. The highest BCUT2D eigenvalue weighted by atomic mass is 35.5. The van der Waals surface area contributed by atoms with Crippen LogP contribution in [0, 0.1) is 0 Å². The summed E-state index contributed by atoms with van der Waals surface area (Å²) < 4.78 is 31.4. The Hall–Kier alpha value is -1.31. The Kier molecular flexibility index (Phi) is 4.19. The molecule has 1 fully saturated rings. The lowest BCUT2D eigenvalue weighted by molar-refractivity contribution is -0.146. The summed E-state index contributed by atoms with van der Waals surface area (Å²) >= 11 is 5.95. The molecule has 0 saturated carbocycles. The lowest BCUT2D eigenvalue weighted by Crippen LogP contribution is -2.50. The first-order chi connectivity index (χ1) is 9.73. The summed E-state index contributed by atoms with van der Waals surface area (Å²) in [7, 11) is -2.50. The van der Waals surface area contributed by atoms with Crippen molar-refractivity contribution in [2.45, 2.75) is 30.2 Å². The molecule has 1 unspecified atom stereocenters. The Morgan fingerprint density at radius 1 is 1.48 bits per heavy atom. The summed E-state index contributed by atoms with van der Waals surface area (Å²) in [6.45, 7) is 1.60. The Balaban J connectivity index is 2.47. The number of carboxylic acids is 1. The van der Waals surface area contributed by atoms with Gasteiger partial charge in [-0.05, 0) is 38.0 Å². The number of halogens is 1. The Bertz CT molecular complexity index is 675. The van der Waals surface area contributed by atoms with Gasteiger partial charge in [-0.25, -0.2) is 8.42 Å². The SMILES string of the molecule is COc1ccc(S(=O)(=O)N2CCCC2(C)C(=O)O)cc1Cl. The van der Waals surface area contributed by atoms with E-state index in [4.69, 9.17) is 16.3 Å². The topological polar surface area (TPSA) is 83.9 Å². The zero-order chi connectivity index (χ0) is 15.8. The van der Waals surface area contributed by atoms with Gasteiger partial charge in [-0.2, -0.15) is 4.31 Å². The molecule has 21 heavy (non-hydrogen) atoms. The fourth-order valence-corrected chi connectivity index (χ4v) is 4.63. The highest BCUT2D eigenvalue weighted by molar-refractivity contribution is 7.89. The molecule has 0 spiro atoms. The number of methoxy groups -OCH3 is 1. The maximum absolute atomic E-state index is 12.7. The molecule has 1 aromatic rings. The fourth-order valence-electron chi connectivity index (χ4n) is 2.47. The number of carboxylic acid groups (broad SMARTS) is 1. The van der Waals surface area contributed by atoms with Gasteiger partial charge in [0.2, 0.25) is 10.0 Å². The lowest BCUT2D eigenvalue weighted by atomic mass is 10.0. The molecule has 1 aliphatic heterocycles. The van der Waals surface area contributed by atoms with Crippen LogP contribution in [0.4, 0.5) is 0 Å². The van der Waals surface area contributed by atoms with E-state index in [9.17, 15) is 18.3 Å². The second-order valence-corrected chi connectivity index (χ2v) is 7.33. The van der Waals surface area contributed by atoms with E-state index in [0.29, 0.717) is 12.2 Å². The van der Waals surface area contributed by atoms with E-state index < -0.39 is 21.5 Å². The van der Waals surface area contributed by atoms with Crippen LogP contribution in [0.5, 0.6) is 5.75 Å². The first kappa shape index (κ1) is 16.1. The molecule has 1 aromatic carbocycles. The van der Waals surface area contributed by atoms with E-state index in [1.807, 2.05) is 0 Å². The smallest absolute Gasteiger partial charge is 0.324 e. The Morgan fingerprint density at radius 3 is 2.67 bits per heavy atom. The molecule has 0 bridgehead atoms. The van der Waals surface area contributed by atoms with Gasteiger partial charge in [0.25, 0.3) is 0 Å². The first-order valence-corrected chi connectivity index (χ1v) is 8.15. The summed E-state index contributed by atoms with van der Waals surface area (Å²) in [5.74, 6) is -0.791. The van der Waals surface area contributed by atoms with Crippen molar-refractivity contribution < 1.29 is 23.1 Å². The number of ether oxygens (including phenoxy) is 1. The second kappa shape index (κ2) is 5.47. The highest BCUT2D eigenvalue weighted by Crippen LogP contribution is 2.36. The maximum atomic E-state index is 12.7. The van der Waals surface area contributed by atoms with Crippen LogP contribution in [0.25, 0.3) is 0 Å². The van der Waals surface area contributed by atoms with E-state index in [1.54, 1.807) is 0 Å². The monoisotopic (exact) mass is 333 g/mol. The minimum Gasteiger partial charge on any atom is -0.495 e. The summed E-state index contributed by atoms with van der Waals surface area (Å²) in [4.78, 5) is 11.4. The van der Waals surface area contributed by atoms with Crippen LogP contribution in [0.15, 0.2) is 23.1 Å². The predicted molar refractivity (Wildman–Crippen MR) is 77.2 cm³/mol. The van der Waals surface area contributed by atoms with E-state index in [1.165, 1.54) is 32.2 Å². The molecule has 116 valence electrons. The van der Waals surface area contributed by atoms with Gasteiger partial charge in [-0.1, -0.05) is 11.6 Å². The predicted octanol–water partition coefficient (Wildman–Crippen LogP) is 1.98. The summed E-state index contributed by atoms with van der Waals surface area (Å²) in [5.41, 5.74) is -1.43. The minimum absolute atomic E-state index is 0.0392. The third kappa shape index (κ3) is 2.61. The molecule has 1 N–H and O–H groups in total. The van der Waals surface area contributed by atoms with Gasteiger partial charge in [-0.15, -0.1) is 0 Å². The minimum atomic E-state index is -3.93. The fraction of sp³-hybridized carbons (Fsp3) is 0.462. The van der Waals surface area contributed by atoms with Crippen molar-refractivity contribution in [2.24, 2.45) is 0 Å². The number of benzene rings is 1. The van der Waals surface area contributed by atoms with Gasteiger partial charge >= 0.3 is 5.97 Å². The number of aliphatic carboxylic acids is 1. The quantitative estimate of drug-likeness (QED) is 0.910. The largest absolute Gasteiger partial charge is 0.495 e. The van der Waals surface area contributed by atoms with Crippen molar-refractivity contribution in [3.63, 3.8) is 0 Å². The van der Waals surface area contributed by atoms with Crippen molar-refractivity contribution >= 4 is 27.6 Å². The first-order valence-electron chi connectivity index (χ1n) is 6.33. The molecular weight excluding hydrogens is 318 g/mol. The average molecular weight is 334 g/mol. The molecule has 1 atom stereocenters. The van der Waals surface area contributed by atoms with Crippen molar-refractivity contribution in [3.8, 4) is 5.75 Å². The molecule has 1 heterocycles. The highest BCUT2D eigenvalue weighted by Gasteiger charge is 2.49. The second-order valence-electron chi connectivity index (χ2n) is 5.06. The van der Waals surface area contributed by atoms with E-state index in [0.717, 1.165) is 4.31 Å². The standard InChI is InChI=1S/C13H16ClNO5S/c1-13(12(16)17)6-3-7-15(13)21(18,19)9-4-5-11(20-2)10(14)8-9/h4-5,8H,3,6-7H2,1-2H3,(H,16,17). The van der Waals surface area contributed by atoms with Gasteiger partial charge in [0.1, 0.15) is 11.3 Å². The van der Waals surface area contributed by atoms with Crippen LogP contribution in [0.2, 0.25) is 5.02 Å². The van der Waals surface area contributed by atoms with Crippen molar-refractivity contribution in [3.05, 3.63) is 23.2 Å². The van der Waals surface area contributed by atoms with Gasteiger partial charge in [0, 0.05) is 6.54 Å². The van der Waals surface area contributed by atoms with Gasteiger partial charge < -0.3 is 9.84 Å². The molecule has 0 aromatic heterocycles. The van der Waals surface area contributed by atoms with Crippen LogP contribution in [-0.4, -0.2) is 43.0 Å². The molecule has 8 heteroatoms. The lowest BCUT2D eigenvalue weighted by Gasteiger charge is -2.30. The number of carbonyl (C=O) groups is 1. The van der Waals surface area contributed by atoms with Crippen LogP contribution < -0.4 is 4.74 Å². The summed E-state index contributed by atoms with van der Waals surface area (Å²) in [6, 6.07) is 4.08. The Labute approximate surface area is 128 Å².